The maximum absolute atomic E-state index is 3.28. The van der Waals surface area contributed by atoms with Crippen molar-refractivity contribution in [1.29, 1.82) is 0 Å². The number of pyridine rings is 1. The second-order valence-electron chi connectivity index (χ2n) is 5.82. The molecule has 0 N–H and O–H groups in total. The van der Waals surface area contributed by atoms with Crippen LogP contribution in [-0.2, 0) is 13.0 Å². The standard InChI is InChI=1S/C21H26N.BrH/c1-3-4-8-20-10-12-21(13-11-20)9-6-5-7-16-22-17-14-19(2)15-18-22;/h10-15,17-18H,3-5,7-8,16H2,1-2H3;1H/q+1;/p-1. The largest absolute Gasteiger partial charge is 1.00 e. The Hall–Kier alpha value is -1.59. The predicted molar refractivity (Wildman–Crippen MR) is 92.5 cm³/mol. The normalized spacial score (nSPS) is 9.65. The maximum Gasteiger partial charge on any atom is 0.169 e. The van der Waals surface area contributed by atoms with Crippen LogP contribution in [-0.4, -0.2) is 0 Å². The van der Waals surface area contributed by atoms with Crippen LogP contribution in [0.1, 0.15) is 49.3 Å². The number of benzene rings is 1. The molecule has 0 spiro atoms. The van der Waals surface area contributed by atoms with Crippen LogP contribution in [0, 0.1) is 18.8 Å². The van der Waals surface area contributed by atoms with Gasteiger partial charge < -0.3 is 17.0 Å². The summed E-state index contributed by atoms with van der Waals surface area (Å²) in [4.78, 5) is 0. The summed E-state index contributed by atoms with van der Waals surface area (Å²) in [5, 5.41) is 0. The smallest absolute Gasteiger partial charge is 0.169 e. The molecule has 2 aromatic rings. The van der Waals surface area contributed by atoms with Gasteiger partial charge in [-0.25, -0.2) is 4.57 Å². The molecule has 23 heavy (non-hydrogen) atoms. The maximum atomic E-state index is 3.28. The number of hydrogen-bond acceptors (Lipinski definition) is 0. The molecule has 0 radical (unpaired) electrons. The molecule has 0 saturated heterocycles. The van der Waals surface area contributed by atoms with E-state index in [1.54, 1.807) is 0 Å². The van der Waals surface area contributed by atoms with Gasteiger partial charge in [-0.3, -0.25) is 0 Å². The zero-order chi connectivity index (χ0) is 15.6. The van der Waals surface area contributed by atoms with Crippen molar-refractivity contribution in [2.75, 3.05) is 0 Å². The molecular weight excluding hydrogens is 346 g/mol. The average Bonchev–Trinajstić information content (AvgIpc) is 2.55. The first-order valence-electron chi connectivity index (χ1n) is 8.31. The van der Waals surface area contributed by atoms with Crippen molar-refractivity contribution in [3.63, 3.8) is 0 Å². The Bertz CT molecular complexity index is 618. The minimum Gasteiger partial charge on any atom is -1.00 e. The first-order chi connectivity index (χ1) is 10.8. The summed E-state index contributed by atoms with van der Waals surface area (Å²) in [6.07, 6.45) is 10.0. The fourth-order valence-electron chi connectivity index (χ4n) is 2.33. The number of aryl methyl sites for hydroxylation is 3. The van der Waals surface area contributed by atoms with Gasteiger partial charge in [-0.2, -0.15) is 0 Å². The highest BCUT2D eigenvalue weighted by molar-refractivity contribution is 5.36. The first kappa shape index (κ1) is 19.5. The van der Waals surface area contributed by atoms with Crippen LogP contribution in [0.2, 0.25) is 0 Å². The fraction of sp³-hybridized carbons (Fsp3) is 0.381. The fourth-order valence-corrected chi connectivity index (χ4v) is 2.33. The summed E-state index contributed by atoms with van der Waals surface area (Å²) in [6.45, 7) is 5.38. The summed E-state index contributed by atoms with van der Waals surface area (Å²) >= 11 is 0. The third-order valence-electron chi connectivity index (χ3n) is 3.78. The summed E-state index contributed by atoms with van der Waals surface area (Å²) in [6, 6.07) is 13.0. The number of nitrogens with zero attached hydrogens (tertiary/aromatic N) is 1. The summed E-state index contributed by atoms with van der Waals surface area (Å²) in [5.41, 5.74) is 3.85. The highest BCUT2D eigenvalue weighted by Gasteiger charge is 1.97. The minimum absolute atomic E-state index is 0. The highest BCUT2D eigenvalue weighted by Crippen LogP contribution is 2.07. The molecule has 0 aliphatic heterocycles. The summed E-state index contributed by atoms with van der Waals surface area (Å²) in [7, 11) is 0. The van der Waals surface area contributed by atoms with Crippen molar-refractivity contribution >= 4 is 0 Å². The van der Waals surface area contributed by atoms with Crippen LogP contribution in [0.3, 0.4) is 0 Å². The van der Waals surface area contributed by atoms with E-state index in [0.717, 1.165) is 24.9 Å². The minimum atomic E-state index is 0. The molecule has 0 amide bonds. The molecule has 0 bridgehead atoms. The van der Waals surface area contributed by atoms with Gasteiger partial charge in [0, 0.05) is 30.5 Å². The zero-order valence-corrected chi connectivity index (χ0v) is 15.8. The molecule has 0 aliphatic rings. The second-order valence-corrected chi connectivity index (χ2v) is 5.82. The van der Waals surface area contributed by atoms with Gasteiger partial charge in [0.25, 0.3) is 0 Å². The number of unbranched alkanes of at least 4 members (excludes halogenated alkanes) is 2. The average molecular weight is 372 g/mol. The topological polar surface area (TPSA) is 3.88 Å². The van der Waals surface area contributed by atoms with Gasteiger partial charge in [0.15, 0.2) is 12.4 Å². The van der Waals surface area contributed by atoms with Gasteiger partial charge in [0.1, 0.15) is 6.54 Å². The van der Waals surface area contributed by atoms with Crippen LogP contribution < -0.4 is 21.5 Å². The molecule has 0 fully saturated rings. The Morgan fingerprint density at radius 3 is 2.30 bits per heavy atom. The Labute approximate surface area is 151 Å². The molecule has 0 atom stereocenters. The van der Waals surface area contributed by atoms with Crippen LogP contribution >= 0.6 is 0 Å². The molecule has 1 heterocycles. The third-order valence-corrected chi connectivity index (χ3v) is 3.78. The van der Waals surface area contributed by atoms with E-state index >= 15 is 0 Å². The Morgan fingerprint density at radius 2 is 1.65 bits per heavy atom. The lowest BCUT2D eigenvalue weighted by Crippen LogP contribution is -3.00. The van der Waals surface area contributed by atoms with Crippen molar-refractivity contribution in [2.45, 2.75) is 52.5 Å². The number of hydrogen-bond donors (Lipinski definition) is 0. The molecule has 1 aromatic heterocycles. The van der Waals surface area contributed by atoms with Crippen molar-refractivity contribution in [2.24, 2.45) is 0 Å². The number of rotatable bonds is 6. The van der Waals surface area contributed by atoms with E-state index in [-0.39, 0.29) is 17.0 Å². The van der Waals surface area contributed by atoms with Crippen molar-refractivity contribution in [3.8, 4) is 11.8 Å². The molecule has 0 aliphatic carbocycles. The SMILES string of the molecule is CCCCc1ccc(C#CCCC[n+]2ccc(C)cc2)cc1.[Br-]. The van der Waals surface area contributed by atoms with Crippen molar-refractivity contribution < 1.29 is 21.5 Å². The summed E-state index contributed by atoms with van der Waals surface area (Å²) < 4.78 is 2.22. The van der Waals surface area contributed by atoms with Crippen LogP contribution in [0.4, 0.5) is 0 Å². The van der Waals surface area contributed by atoms with E-state index in [1.807, 2.05) is 0 Å². The van der Waals surface area contributed by atoms with Crippen molar-refractivity contribution in [3.05, 3.63) is 65.5 Å². The van der Waals surface area contributed by atoms with E-state index in [0.29, 0.717) is 0 Å². The highest BCUT2D eigenvalue weighted by atomic mass is 79.9. The summed E-state index contributed by atoms with van der Waals surface area (Å²) in [5.74, 6) is 6.55. The number of halogens is 1. The predicted octanol–water partition coefficient (Wildman–Crippen LogP) is 1.46. The van der Waals surface area contributed by atoms with E-state index in [2.05, 4.69) is 79.0 Å². The monoisotopic (exact) mass is 371 g/mol. The number of aromatic nitrogens is 1. The lowest BCUT2D eigenvalue weighted by molar-refractivity contribution is -0.697. The van der Waals surface area contributed by atoms with Gasteiger partial charge in [-0.1, -0.05) is 37.3 Å². The molecular formula is C21H26BrN. The molecule has 0 unspecified atom stereocenters. The molecule has 1 nitrogen and oxygen atoms in total. The van der Waals surface area contributed by atoms with Gasteiger partial charge in [-0.15, -0.1) is 0 Å². The lowest BCUT2D eigenvalue weighted by atomic mass is 10.1. The van der Waals surface area contributed by atoms with E-state index < -0.39 is 0 Å². The molecule has 0 saturated carbocycles. The quantitative estimate of drug-likeness (QED) is 0.411. The first-order valence-corrected chi connectivity index (χ1v) is 8.31. The Balaban J connectivity index is 0.00000264. The van der Waals surface area contributed by atoms with Crippen LogP contribution in [0.25, 0.3) is 0 Å². The van der Waals surface area contributed by atoms with Gasteiger partial charge in [0.2, 0.25) is 0 Å². The van der Waals surface area contributed by atoms with Gasteiger partial charge >= 0.3 is 0 Å². The molecule has 2 heteroatoms. The van der Waals surface area contributed by atoms with E-state index in [9.17, 15) is 0 Å². The van der Waals surface area contributed by atoms with Gasteiger partial charge in [-0.05, 0) is 43.0 Å². The molecule has 2 rings (SSSR count). The van der Waals surface area contributed by atoms with Crippen molar-refractivity contribution in [1.82, 2.24) is 0 Å². The van der Waals surface area contributed by atoms with Crippen LogP contribution in [0.15, 0.2) is 48.8 Å². The van der Waals surface area contributed by atoms with E-state index in [4.69, 9.17) is 0 Å². The Morgan fingerprint density at radius 1 is 0.957 bits per heavy atom. The third kappa shape index (κ3) is 7.48. The Kier molecular flexibility index (Phi) is 9.33. The second kappa shape index (κ2) is 11.0. The molecule has 122 valence electrons. The van der Waals surface area contributed by atoms with Crippen LogP contribution in [0.5, 0.6) is 0 Å². The van der Waals surface area contributed by atoms with E-state index in [1.165, 1.54) is 30.4 Å². The molecule has 1 aromatic carbocycles. The van der Waals surface area contributed by atoms with Gasteiger partial charge in [0.05, 0.1) is 0 Å². The lowest BCUT2D eigenvalue weighted by Gasteiger charge is -1.99. The zero-order valence-electron chi connectivity index (χ0n) is 14.2.